The summed E-state index contributed by atoms with van der Waals surface area (Å²) in [6.45, 7) is 4.01. The molecule has 0 unspecified atom stereocenters. The van der Waals surface area contributed by atoms with E-state index in [2.05, 4.69) is 22.5 Å². The van der Waals surface area contributed by atoms with Crippen LogP contribution in [0.1, 0.15) is 11.6 Å². The van der Waals surface area contributed by atoms with Gasteiger partial charge in [0.2, 0.25) is 5.91 Å². The molecule has 0 saturated heterocycles. The van der Waals surface area contributed by atoms with Crippen LogP contribution in [-0.4, -0.2) is 24.4 Å². The molecule has 0 aliphatic carbocycles. The second-order valence-corrected chi connectivity index (χ2v) is 5.24. The van der Waals surface area contributed by atoms with Crippen LogP contribution >= 0.6 is 27.5 Å². The van der Waals surface area contributed by atoms with Gasteiger partial charge in [-0.2, -0.15) is 0 Å². The van der Waals surface area contributed by atoms with E-state index in [1.165, 1.54) is 0 Å². The van der Waals surface area contributed by atoms with Gasteiger partial charge in [0.25, 0.3) is 0 Å². The van der Waals surface area contributed by atoms with Crippen molar-refractivity contribution in [2.24, 2.45) is 5.73 Å². The zero-order chi connectivity index (χ0) is 13.0. The van der Waals surface area contributed by atoms with Crippen molar-refractivity contribution in [3.63, 3.8) is 0 Å². The van der Waals surface area contributed by atoms with Gasteiger partial charge in [0, 0.05) is 16.0 Å². The van der Waals surface area contributed by atoms with Crippen molar-refractivity contribution in [1.29, 1.82) is 0 Å². The van der Waals surface area contributed by atoms with Crippen molar-refractivity contribution in [3.05, 3.63) is 45.9 Å². The van der Waals surface area contributed by atoms with Gasteiger partial charge in [-0.25, -0.2) is 0 Å². The maximum absolute atomic E-state index is 11.5. The summed E-state index contributed by atoms with van der Waals surface area (Å²) in [6.07, 6.45) is 0. The van der Waals surface area contributed by atoms with Gasteiger partial charge in [0.05, 0.1) is 0 Å². The summed E-state index contributed by atoms with van der Waals surface area (Å²) in [6, 6.07) is 6.96. The number of hydrogen-bond acceptors (Lipinski definition) is 2. The van der Waals surface area contributed by atoms with Crippen LogP contribution in [0.15, 0.2) is 40.3 Å². The summed E-state index contributed by atoms with van der Waals surface area (Å²) in [5.41, 5.74) is 6.25. The normalized spacial score (nSPS) is 12.5. The number of likely N-dealkylation sites (N-methyl/N-ethyl adjacent to an activating group) is 1. The van der Waals surface area contributed by atoms with Crippen molar-refractivity contribution in [2.45, 2.75) is 6.04 Å². The van der Waals surface area contributed by atoms with E-state index in [-0.39, 0.29) is 0 Å². The predicted molar refractivity (Wildman–Crippen MR) is 73.7 cm³/mol. The average molecular weight is 318 g/mol. The highest BCUT2D eigenvalue weighted by molar-refractivity contribution is 9.10. The Kier molecular flexibility index (Phi) is 5.18. The molecule has 0 fully saturated rings. The van der Waals surface area contributed by atoms with E-state index in [0.29, 0.717) is 11.6 Å². The van der Waals surface area contributed by atoms with Crippen molar-refractivity contribution in [3.8, 4) is 0 Å². The molecular weight excluding hydrogens is 304 g/mol. The number of carbonyl (C=O) groups excluding carboxylic acids is 1. The fourth-order valence-corrected chi connectivity index (χ4v) is 2.28. The van der Waals surface area contributed by atoms with Crippen molar-refractivity contribution in [1.82, 2.24) is 4.90 Å². The molecule has 17 heavy (non-hydrogen) atoms. The molecule has 1 atom stereocenters. The van der Waals surface area contributed by atoms with Gasteiger partial charge in [0.15, 0.2) is 0 Å². The molecule has 2 N–H and O–H groups in total. The Bertz CT molecular complexity index is 436. The maximum atomic E-state index is 11.5. The predicted octanol–water partition coefficient (Wildman–Crippen LogP) is 2.66. The van der Waals surface area contributed by atoms with E-state index in [9.17, 15) is 4.79 Å². The Hall–Kier alpha value is -0.840. The SMILES string of the molecule is C=C(Cl)CN(C)[C@@H](C(N)=O)c1cccc(Br)c1. The second kappa shape index (κ2) is 6.19. The van der Waals surface area contributed by atoms with E-state index in [0.717, 1.165) is 10.0 Å². The van der Waals surface area contributed by atoms with E-state index < -0.39 is 11.9 Å². The molecule has 0 saturated carbocycles. The molecule has 92 valence electrons. The Morgan fingerprint density at radius 3 is 2.76 bits per heavy atom. The largest absolute Gasteiger partial charge is 0.368 e. The van der Waals surface area contributed by atoms with Gasteiger partial charge in [-0.05, 0) is 24.7 Å². The number of halogens is 2. The van der Waals surface area contributed by atoms with E-state index >= 15 is 0 Å². The van der Waals surface area contributed by atoms with Crippen LogP contribution in [0, 0.1) is 0 Å². The third-order valence-corrected chi connectivity index (χ3v) is 2.91. The zero-order valence-corrected chi connectivity index (χ0v) is 11.8. The maximum Gasteiger partial charge on any atom is 0.239 e. The molecule has 0 spiro atoms. The molecule has 1 rings (SSSR count). The number of primary amides is 1. The molecular formula is C12H14BrClN2O. The molecule has 0 aliphatic rings. The second-order valence-electron chi connectivity index (χ2n) is 3.79. The molecule has 0 bridgehead atoms. The number of hydrogen-bond donors (Lipinski definition) is 1. The number of rotatable bonds is 5. The van der Waals surface area contributed by atoms with E-state index in [4.69, 9.17) is 17.3 Å². The lowest BCUT2D eigenvalue weighted by atomic mass is 10.1. The Labute approximate surface area is 114 Å². The van der Waals surface area contributed by atoms with Gasteiger partial charge < -0.3 is 5.73 Å². The monoisotopic (exact) mass is 316 g/mol. The number of nitrogens with zero attached hydrogens (tertiary/aromatic N) is 1. The minimum absolute atomic E-state index is 0.404. The van der Waals surface area contributed by atoms with Crippen molar-refractivity contribution in [2.75, 3.05) is 13.6 Å². The third kappa shape index (κ3) is 4.15. The van der Waals surface area contributed by atoms with Crippen LogP contribution in [0.5, 0.6) is 0 Å². The average Bonchev–Trinajstić information content (AvgIpc) is 2.15. The number of amides is 1. The Balaban J connectivity index is 3.01. The van der Waals surface area contributed by atoms with Gasteiger partial charge in [-0.3, -0.25) is 9.69 Å². The Morgan fingerprint density at radius 1 is 1.65 bits per heavy atom. The van der Waals surface area contributed by atoms with E-state index in [1.54, 1.807) is 11.9 Å². The van der Waals surface area contributed by atoms with Crippen LogP contribution in [-0.2, 0) is 4.79 Å². The topological polar surface area (TPSA) is 46.3 Å². The first-order chi connectivity index (χ1) is 7.91. The first-order valence-corrected chi connectivity index (χ1v) is 6.17. The van der Waals surface area contributed by atoms with Crippen molar-refractivity contribution < 1.29 is 4.79 Å². The molecule has 1 amide bonds. The number of carbonyl (C=O) groups is 1. The van der Waals surface area contributed by atoms with Crippen LogP contribution in [0.25, 0.3) is 0 Å². The summed E-state index contributed by atoms with van der Waals surface area (Å²) in [5.74, 6) is -0.413. The smallest absolute Gasteiger partial charge is 0.239 e. The van der Waals surface area contributed by atoms with E-state index in [1.807, 2.05) is 24.3 Å². The molecule has 0 aromatic heterocycles. The van der Waals surface area contributed by atoms with Crippen LogP contribution in [0.4, 0.5) is 0 Å². The molecule has 1 aromatic carbocycles. The summed E-state index contributed by atoms with van der Waals surface area (Å²) in [4.78, 5) is 13.3. The van der Waals surface area contributed by atoms with Gasteiger partial charge >= 0.3 is 0 Å². The molecule has 0 heterocycles. The number of benzene rings is 1. The lowest BCUT2D eigenvalue weighted by molar-refractivity contribution is -0.122. The quantitative estimate of drug-likeness (QED) is 0.907. The molecule has 3 nitrogen and oxygen atoms in total. The third-order valence-electron chi connectivity index (χ3n) is 2.30. The van der Waals surface area contributed by atoms with Gasteiger partial charge in [-0.1, -0.05) is 46.2 Å². The van der Waals surface area contributed by atoms with Crippen molar-refractivity contribution >= 4 is 33.4 Å². The number of nitrogens with two attached hydrogens (primary N) is 1. The first kappa shape index (κ1) is 14.2. The summed E-state index contributed by atoms with van der Waals surface area (Å²) >= 11 is 9.11. The fourth-order valence-electron chi connectivity index (χ4n) is 1.67. The summed E-state index contributed by atoms with van der Waals surface area (Å²) in [5, 5.41) is 0.466. The standard InChI is InChI=1S/C12H14BrClN2O/c1-8(14)7-16(2)11(12(15)17)9-4-3-5-10(13)6-9/h3-6,11H,1,7H2,2H3,(H2,15,17)/t11-/m1/s1. The zero-order valence-electron chi connectivity index (χ0n) is 9.49. The lowest BCUT2D eigenvalue weighted by Crippen LogP contribution is -2.35. The highest BCUT2D eigenvalue weighted by Gasteiger charge is 2.23. The van der Waals surface area contributed by atoms with Crippen LogP contribution in [0.2, 0.25) is 0 Å². The molecule has 5 heteroatoms. The highest BCUT2D eigenvalue weighted by Crippen LogP contribution is 2.23. The molecule has 0 radical (unpaired) electrons. The molecule has 1 aromatic rings. The minimum Gasteiger partial charge on any atom is -0.368 e. The minimum atomic E-state index is -0.511. The summed E-state index contributed by atoms with van der Waals surface area (Å²) < 4.78 is 0.902. The van der Waals surface area contributed by atoms with Gasteiger partial charge in [0.1, 0.15) is 6.04 Å². The van der Waals surface area contributed by atoms with Gasteiger partial charge in [-0.15, -0.1) is 0 Å². The molecule has 0 aliphatic heterocycles. The summed E-state index contributed by atoms with van der Waals surface area (Å²) in [7, 11) is 1.78. The van der Waals surface area contributed by atoms with Crippen LogP contribution < -0.4 is 5.73 Å². The van der Waals surface area contributed by atoms with Crippen LogP contribution in [0.3, 0.4) is 0 Å². The fraction of sp³-hybridized carbons (Fsp3) is 0.250. The lowest BCUT2D eigenvalue weighted by Gasteiger charge is -2.25. The Morgan fingerprint density at radius 2 is 2.29 bits per heavy atom. The highest BCUT2D eigenvalue weighted by atomic mass is 79.9. The first-order valence-electron chi connectivity index (χ1n) is 5.00.